The van der Waals surface area contributed by atoms with E-state index >= 15 is 0 Å². The molecule has 1 aromatic carbocycles. The number of carboxylic acid groups (broad SMARTS) is 1. The molecule has 2 aliphatic rings. The Balaban J connectivity index is 1.64. The Morgan fingerprint density at radius 3 is 2.73 bits per heavy atom. The number of hydrogen-bond donors (Lipinski definition) is 2. The van der Waals surface area contributed by atoms with Gasteiger partial charge in [-0.05, 0) is 54.9 Å². The van der Waals surface area contributed by atoms with E-state index in [4.69, 9.17) is 4.74 Å². The van der Waals surface area contributed by atoms with Crippen LogP contribution in [0.15, 0.2) is 18.2 Å². The van der Waals surface area contributed by atoms with Crippen LogP contribution in [0.4, 0.5) is 4.39 Å². The van der Waals surface area contributed by atoms with E-state index in [0.29, 0.717) is 45.1 Å². The zero-order chi connectivity index (χ0) is 15.6. The van der Waals surface area contributed by atoms with Crippen molar-refractivity contribution in [3.8, 4) is 0 Å². The number of rotatable bonds is 6. The van der Waals surface area contributed by atoms with Gasteiger partial charge in [0.05, 0.1) is 5.41 Å². The second-order valence-corrected chi connectivity index (χ2v) is 6.42. The fourth-order valence-corrected chi connectivity index (χ4v) is 3.17. The number of carboxylic acids is 1. The van der Waals surface area contributed by atoms with Crippen LogP contribution in [-0.4, -0.2) is 30.8 Å². The summed E-state index contributed by atoms with van der Waals surface area (Å²) >= 11 is 0. The third kappa shape index (κ3) is 3.31. The number of aliphatic carboxylic acids is 1. The molecular weight excluding hydrogens is 285 g/mol. The van der Waals surface area contributed by atoms with Gasteiger partial charge in [0.2, 0.25) is 0 Å². The molecule has 1 saturated heterocycles. The smallest absolute Gasteiger partial charge is 0.311 e. The highest BCUT2D eigenvalue weighted by molar-refractivity contribution is 5.75. The zero-order valence-electron chi connectivity index (χ0n) is 12.6. The fourth-order valence-electron chi connectivity index (χ4n) is 3.17. The first-order valence-corrected chi connectivity index (χ1v) is 7.91. The van der Waals surface area contributed by atoms with Gasteiger partial charge >= 0.3 is 5.97 Å². The first-order chi connectivity index (χ1) is 10.6. The minimum Gasteiger partial charge on any atom is -0.481 e. The van der Waals surface area contributed by atoms with Gasteiger partial charge in [0, 0.05) is 26.3 Å². The van der Waals surface area contributed by atoms with E-state index in [1.807, 2.05) is 6.07 Å². The molecule has 0 atom stereocenters. The molecule has 0 radical (unpaired) electrons. The average molecular weight is 307 g/mol. The predicted molar refractivity (Wildman–Crippen MR) is 80.2 cm³/mol. The molecule has 22 heavy (non-hydrogen) atoms. The first kappa shape index (κ1) is 15.4. The summed E-state index contributed by atoms with van der Waals surface area (Å²) in [5, 5.41) is 12.8. The molecule has 3 rings (SSSR count). The van der Waals surface area contributed by atoms with Gasteiger partial charge in [-0.2, -0.15) is 0 Å². The van der Waals surface area contributed by atoms with E-state index in [0.717, 1.165) is 24.0 Å². The summed E-state index contributed by atoms with van der Waals surface area (Å²) < 4.78 is 18.7. The highest BCUT2D eigenvalue weighted by Crippen LogP contribution is 2.42. The number of hydrogen-bond acceptors (Lipinski definition) is 3. The summed E-state index contributed by atoms with van der Waals surface area (Å²) in [6, 6.07) is 4.91. The summed E-state index contributed by atoms with van der Waals surface area (Å²) in [6.07, 6.45) is 3.31. The van der Waals surface area contributed by atoms with E-state index < -0.39 is 11.4 Å². The molecule has 2 N–H and O–H groups in total. The molecule has 2 fully saturated rings. The molecule has 1 aliphatic heterocycles. The molecule has 5 heteroatoms. The summed E-state index contributed by atoms with van der Waals surface area (Å²) in [7, 11) is 0. The van der Waals surface area contributed by atoms with Gasteiger partial charge in [0.25, 0.3) is 0 Å². The van der Waals surface area contributed by atoms with Crippen LogP contribution in [0, 0.1) is 11.2 Å². The van der Waals surface area contributed by atoms with Gasteiger partial charge in [-0.25, -0.2) is 4.39 Å². The van der Waals surface area contributed by atoms with Gasteiger partial charge in [-0.1, -0.05) is 6.07 Å². The lowest BCUT2D eigenvalue weighted by Gasteiger charge is -2.33. The molecule has 0 bridgehead atoms. The van der Waals surface area contributed by atoms with Crippen molar-refractivity contribution in [3.05, 3.63) is 35.1 Å². The van der Waals surface area contributed by atoms with Crippen molar-refractivity contribution in [2.45, 2.75) is 38.1 Å². The number of ether oxygens (including phenoxy) is 1. The largest absolute Gasteiger partial charge is 0.481 e. The van der Waals surface area contributed by atoms with Crippen molar-refractivity contribution in [2.75, 3.05) is 19.8 Å². The van der Waals surface area contributed by atoms with Gasteiger partial charge in [0.15, 0.2) is 0 Å². The molecule has 0 spiro atoms. The normalized spacial score (nSPS) is 20.8. The van der Waals surface area contributed by atoms with Crippen LogP contribution in [0.25, 0.3) is 0 Å². The lowest BCUT2D eigenvalue weighted by atomic mass is 9.80. The Bertz CT molecular complexity index is 551. The molecule has 0 unspecified atom stereocenters. The Kier molecular flexibility index (Phi) is 4.45. The van der Waals surface area contributed by atoms with Crippen LogP contribution in [0.1, 0.15) is 42.7 Å². The second-order valence-electron chi connectivity index (χ2n) is 6.42. The molecule has 1 aliphatic carbocycles. The average Bonchev–Trinajstić information content (AvgIpc) is 3.34. The molecule has 0 amide bonds. The van der Waals surface area contributed by atoms with E-state index in [9.17, 15) is 14.3 Å². The molecule has 4 nitrogen and oxygen atoms in total. The minimum absolute atomic E-state index is 0.197. The third-order valence-electron chi connectivity index (χ3n) is 4.81. The Labute approximate surface area is 129 Å². The van der Waals surface area contributed by atoms with E-state index in [2.05, 4.69) is 5.32 Å². The molecule has 0 aromatic heterocycles. The lowest BCUT2D eigenvalue weighted by molar-refractivity contribution is -0.154. The number of nitrogens with one attached hydrogen (secondary N) is 1. The van der Waals surface area contributed by atoms with Crippen molar-refractivity contribution in [2.24, 2.45) is 5.41 Å². The molecule has 1 heterocycles. The quantitative estimate of drug-likeness (QED) is 0.848. The molecule has 1 aromatic rings. The van der Waals surface area contributed by atoms with Gasteiger partial charge in [0.1, 0.15) is 5.82 Å². The lowest BCUT2D eigenvalue weighted by Crippen LogP contribution is -2.45. The van der Waals surface area contributed by atoms with Crippen LogP contribution < -0.4 is 5.32 Å². The van der Waals surface area contributed by atoms with Crippen LogP contribution in [-0.2, 0) is 16.1 Å². The van der Waals surface area contributed by atoms with E-state index in [1.54, 1.807) is 6.07 Å². The highest BCUT2D eigenvalue weighted by atomic mass is 19.1. The Morgan fingerprint density at radius 2 is 2.09 bits per heavy atom. The van der Waals surface area contributed by atoms with Gasteiger partial charge in [-0.3, -0.25) is 4.79 Å². The highest BCUT2D eigenvalue weighted by Gasteiger charge is 2.39. The maximum absolute atomic E-state index is 13.4. The van der Waals surface area contributed by atoms with Crippen LogP contribution in [0.2, 0.25) is 0 Å². The summed E-state index contributed by atoms with van der Waals surface area (Å²) in [6.45, 7) is 2.00. The van der Waals surface area contributed by atoms with Crippen LogP contribution in [0.3, 0.4) is 0 Å². The molecule has 1 saturated carbocycles. The minimum atomic E-state index is -0.759. The summed E-state index contributed by atoms with van der Waals surface area (Å²) in [4.78, 5) is 11.6. The maximum Gasteiger partial charge on any atom is 0.311 e. The number of carbonyl (C=O) groups is 1. The van der Waals surface area contributed by atoms with Crippen molar-refractivity contribution >= 4 is 5.97 Å². The van der Waals surface area contributed by atoms with Crippen LogP contribution >= 0.6 is 0 Å². The molecular formula is C17H22FNO3. The van der Waals surface area contributed by atoms with E-state index in [-0.39, 0.29) is 5.82 Å². The van der Waals surface area contributed by atoms with Crippen molar-refractivity contribution in [1.29, 1.82) is 0 Å². The first-order valence-electron chi connectivity index (χ1n) is 7.91. The predicted octanol–water partition coefficient (Wildman–Crippen LogP) is 2.67. The topological polar surface area (TPSA) is 58.6 Å². The summed E-state index contributed by atoms with van der Waals surface area (Å²) in [5.41, 5.74) is 1.42. The second kappa shape index (κ2) is 6.34. The standard InChI is InChI=1S/C17H22FNO3/c18-14-4-3-13(15(9-14)12-1-2-12)10-19-11-17(16(20)21)5-7-22-8-6-17/h3-4,9,12,19H,1-2,5-8,10-11H2,(H,20,21). The zero-order valence-corrected chi connectivity index (χ0v) is 12.6. The monoisotopic (exact) mass is 307 g/mol. The van der Waals surface area contributed by atoms with Crippen molar-refractivity contribution in [3.63, 3.8) is 0 Å². The Morgan fingerprint density at radius 1 is 1.36 bits per heavy atom. The van der Waals surface area contributed by atoms with Crippen LogP contribution in [0.5, 0.6) is 0 Å². The fraction of sp³-hybridized carbons (Fsp3) is 0.588. The van der Waals surface area contributed by atoms with Gasteiger partial charge < -0.3 is 15.2 Å². The SMILES string of the molecule is O=C(O)C1(CNCc2ccc(F)cc2C2CC2)CCOCC1. The Hall–Kier alpha value is -1.46. The van der Waals surface area contributed by atoms with E-state index in [1.165, 1.54) is 6.07 Å². The van der Waals surface area contributed by atoms with Crippen molar-refractivity contribution < 1.29 is 19.0 Å². The third-order valence-corrected chi connectivity index (χ3v) is 4.81. The number of halogens is 1. The molecule has 120 valence electrons. The van der Waals surface area contributed by atoms with Gasteiger partial charge in [-0.15, -0.1) is 0 Å². The van der Waals surface area contributed by atoms with Crippen molar-refractivity contribution in [1.82, 2.24) is 5.32 Å². The maximum atomic E-state index is 13.4. The number of benzene rings is 1. The summed E-state index contributed by atoms with van der Waals surface area (Å²) in [5.74, 6) is -0.481.